The number of ether oxygens (including phenoxy) is 2. The van der Waals surface area contributed by atoms with Crippen LogP contribution in [0.3, 0.4) is 0 Å². The SMILES string of the molecule is CN(C)CCCOc1ccc(-c2ccc3nc(C4COC4)c4c([nH]c(=O)n4C)c3c2)c(F)n1. The monoisotopic (exact) mass is 451 g/mol. The van der Waals surface area contributed by atoms with Crippen molar-refractivity contribution in [1.82, 2.24) is 24.4 Å². The number of benzene rings is 1. The van der Waals surface area contributed by atoms with Gasteiger partial charge in [0.05, 0.1) is 48.0 Å². The summed E-state index contributed by atoms with van der Waals surface area (Å²) in [6, 6.07) is 8.86. The molecule has 3 aromatic heterocycles. The van der Waals surface area contributed by atoms with Crippen LogP contribution in [0, 0.1) is 5.95 Å². The zero-order chi connectivity index (χ0) is 23.1. The number of hydrogen-bond donors (Lipinski definition) is 1. The van der Waals surface area contributed by atoms with E-state index in [4.69, 9.17) is 14.5 Å². The molecule has 0 atom stereocenters. The average Bonchev–Trinajstić information content (AvgIpc) is 3.05. The number of hydrogen-bond acceptors (Lipinski definition) is 6. The molecule has 1 saturated heterocycles. The van der Waals surface area contributed by atoms with Gasteiger partial charge in [-0.3, -0.25) is 9.55 Å². The highest BCUT2D eigenvalue weighted by Crippen LogP contribution is 2.34. The molecule has 1 aromatic carbocycles. The van der Waals surface area contributed by atoms with Gasteiger partial charge >= 0.3 is 5.69 Å². The lowest BCUT2D eigenvalue weighted by Gasteiger charge is -2.26. The Bertz CT molecular complexity index is 1390. The smallest absolute Gasteiger partial charge is 0.326 e. The van der Waals surface area contributed by atoms with Crippen LogP contribution in [0.5, 0.6) is 5.88 Å². The lowest BCUT2D eigenvalue weighted by atomic mass is 9.98. The highest BCUT2D eigenvalue weighted by Gasteiger charge is 2.27. The molecular formula is C24H26FN5O3. The Morgan fingerprint density at radius 2 is 2.06 bits per heavy atom. The van der Waals surface area contributed by atoms with Gasteiger partial charge in [-0.25, -0.2) is 4.79 Å². The number of fused-ring (bicyclic) bond motifs is 3. The standard InChI is InChI=1S/C24H26FN5O3/c1-29(2)9-4-10-33-19-8-6-16(23(25)27-19)14-5-7-18-17(11-14)21-22(30(3)24(31)28-21)20(26-18)15-12-32-13-15/h5-8,11,15H,4,9-10,12-13H2,1-3H3,(H,28,31). The third-order valence-electron chi connectivity index (χ3n) is 6.02. The van der Waals surface area contributed by atoms with E-state index >= 15 is 0 Å². The van der Waals surface area contributed by atoms with Crippen molar-refractivity contribution in [3.05, 3.63) is 52.5 Å². The van der Waals surface area contributed by atoms with Crippen molar-refractivity contribution < 1.29 is 13.9 Å². The molecule has 0 amide bonds. The highest BCUT2D eigenvalue weighted by molar-refractivity contribution is 6.04. The lowest BCUT2D eigenvalue weighted by Crippen LogP contribution is -2.27. The van der Waals surface area contributed by atoms with E-state index in [0.29, 0.717) is 36.5 Å². The van der Waals surface area contributed by atoms with E-state index in [2.05, 4.69) is 14.9 Å². The topological polar surface area (TPSA) is 85.3 Å². The third kappa shape index (κ3) is 3.98. The van der Waals surface area contributed by atoms with Crippen LogP contribution in [0.4, 0.5) is 4.39 Å². The number of nitrogens with one attached hydrogen (secondary N) is 1. The molecule has 1 aliphatic heterocycles. The number of nitrogens with zero attached hydrogens (tertiary/aromatic N) is 4. The van der Waals surface area contributed by atoms with Gasteiger partial charge in [0.25, 0.3) is 0 Å². The summed E-state index contributed by atoms with van der Waals surface area (Å²) < 4.78 is 27.4. The summed E-state index contributed by atoms with van der Waals surface area (Å²) in [7, 11) is 5.71. The molecule has 0 aliphatic carbocycles. The molecule has 0 radical (unpaired) electrons. The van der Waals surface area contributed by atoms with E-state index in [1.165, 1.54) is 0 Å². The van der Waals surface area contributed by atoms with Crippen molar-refractivity contribution in [2.75, 3.05) is 40.5 Å². The van der Waals surface area contributed by atoms with Gasteiger partial charge in [0, 0.05) is 30.6 Å². The normalized spacial score (nSPS) is 14.3. The van der Waals surface area contributed by atoms with Crippen LogP contribution in [-0.4, -0.2) is 64.9 Å². The fourth-order valence-corrected chi connectivity index (χ4v) is 4.15. The van der Waals surface area contributed by atoms with Crippen LogP contribution in [0.15, 0.2) is 35.1 Å². The first-order valence-corrected chi connectivity index (χ1v) is 11.0. The second-order valence-electron chi connectivity index (χ2n) is 8.67. The number of pyridine rings is 2. The number of rotatable bonds is 7. The summed E-state index contributed by atoms with van der Waals surface area (Å²) in [6.07, 6.45) is 0.829. The highest BCUT2D eigenvalue weighted by atomic mass is 19.1. The zero-order valence-electron chi connectivity index (χ0n) is 18.9. The zero-order valence-corrected chi connectivity index (χ0v) is 18.9. The second kappa shape index (κ2) is 8.57. The summed E-state index contributed by atoms with van der Waals surface area (Å²) in [5, 5.41) is 0.757. The van der Waals surface area contributed by atoms with Crippen molar-refractivity contribution in [2.24, 2.45) is 7.05 Å². The van der Waals surface area contributed by atoms with E-state index in [1.807, 2.05) is 32.3 Å². The van der Waals surface area contributed by atoms with Gasteiger partial charge in [0.15, 0.2) is 0 Å². The number of imidazole rings is 1. The van der Waals surface area contributed by atoms with Crippen molar-refractivity contribution in [1.29, 1.82) is 0 Å². The van der Waals surface area contributed by atoms with Crippen LogP contribution >= 0.6 is 0 Å². The van der Waals surface area contributed by atoms with Crippen molar-refractivity contribution in [2.45, 2.75) is 12.3 Å². The van der Waals surface area contributed by atoms with E-state index < -0.39 is 5.95 Å². The molecule has 1 fully saturated rings. The number of H-pyrrole nitrogens is 1. The first kappa shape index (κ1) is 21.5. The Morgan fingerprint density at radius 1 is 1.24 bits per heavy atom. The van der Waals surface area contributed by atoms with Crippen LogP contribution in [0.1, 0.15) is 18.0 Å². The molecule has 0 unspecified atom stereocenters. The molecule has 4 aromatic rings. The fourth-order valence-electron chi connectivity index (χ4n) is 4.15. The molecule has 4 heterocycles. The van der Waals surface area contributed by atoms with E-state index in [0.717, 1.165) is 35.1 Å². The summed E-state index contributed by atoms with van der Waals surface area (Å²) in [6.45, 7) is 2.54. The number of halogens is 1. The predicted octanol–water partition coefficient (Wildman–Crippen LogP) is 3.06. The van der Waals surface area contributed by atoms with E-state index in [-0.39, 0.29) is 17.5 Å². The molecule has 5 rings (SSSR count). The van der Waals surface area contributed by atoms with Crippen LogP contribution in [-0.2, 0) is 11.8 Å². The molecule has 0 saturated carbocycles. The third-order valence-corrected chi connectivity index (χ3v) is 6.02. The molecule has 0 spiro atoms. The number of aryl methyl sites for hydroxylation is 1. The molecular weight excluding hydrogens is 425 g/mol. The minimum Gasteiger partial charge on any atom is -0.478 e. The Balaban J connectivity index is 1.51. The Kier molecular flexibility index (Phi) is 5.59. The van der Waals surface area contributed by atoms with Gasteiger partial charge in [-0.1, -0.05) is 6.07 Å². The van der Waals surface area contributed by atoms with Crippen LogP contribution in [0.2, 0.25) is 0 Å². The summed E-state index contributed by atoms with van der Waals surface area (Å²) in [5.41, 5.74) is 3.85. The predicted molar refractivity (Wildman–Crippen MR) is 124 cm³/mol. The van der Waals surface area contributed by atoms with Gasteiger partial charge in [-0.15, -0.1) is 0 Å². The van der Waals surface area contributed by atoms with Crippen LogP contribution < -0.4 is 10.4 Å². The lowest BCUT2D eigenvalue weighted by molar-refractivity contribution is 0.00734. The maximum absolute atomic E-state index is 14.9. The largest absolute Gasteiger partial charge is 0.478 e. The average molecular weight is 452 g/mol. The van der Waals surface area contributed by atoms with Crippen LogP contribution in [0.25, 0.3) is 33.1 Å². The minimum atomic E-state index is -0.603. The minimum absolute atomic E-state index is 0.157. The Labute approximate surface area is 190 Å². The second-order valence-corrected chi connectivity index (χ2v) is 8.67. The van der Waals surface area contributed by atoms with Crippen molar-refractivity contribution in [3.8, 4) is 17.0 Å². The molecule has 33 heavy (non-hydrogen) atoms. The van der Waals surface area contributed by atoms with Gasteiger partial charge in [0.1, 0.15) is 0 Å². The number of aromatic nitrogens is 4. The van der Waals surface area contributed by atoms with Gasteiger partial charge in [-0.05, 0) is 44.3 Å². The molecule has 1 aliphatic rings. The Hall–Kier alpha value is -3.30. The van der Waals surface area contributed by atoms with Crippen molar-refractivity contribution >= 4 is 21.9 Å². The molecule has 1 N–H and O–H groups in total. The summed E-state index contributed by atoms with van der Waals surface area (Å²) in [5.74, 6) is -0.182. The molecule has 8 nitrogen and oxygen atoms in total. The van der Waals surface area contributed by atoms with E-state index in [9.17, 15) is 9.18 Å². The van der Waals surface area contributed by atoms with Gasteiger partial charge in [-0.2, -0.15) is 9.37 Å². The Morgan fingerprint density at radius 3 is 2.76 bits per heavy atom. The summed E-state index contributed by atoms with van der Waals surface area (Å²) in [4.78, 5) is 26.2. The van der Waals surface area contributed by atoms with Gasteiger partial charge in [0.2, 0.25) is 11.8 Å². The molecule has 0 bridgehead atoms. The first-order chi connectivity index (χ1) is 15.9. The first-order valence-electron chi connectivity index (χ1n) is 11.0. The summed E-state index contributed by atoms with van der Waals surface area (Å²) >= 11 is 0. The van der Waals surface area contributed by atoms with Gasteiger partial charge < -0.3 is 19.4 Å². The molecule has 9 heteroatoms. The molecule has 172 valence electrons. The maximum atomic E-state index is 14.9. The van der Waals surface area contributed by atoms with E-state index in [1.54, 1.807) is 23.7 Å². The van der Waals surface area contributed by atoms with Crippen molar-refractivity contribution in [3.63, 3.8) is 0 Å². The number of aromatic amines is 1. The maximum Gasteiger partial charge on any atom is 0.326 e. The fraction of sp³-hybridized carbons (Fsp3) is 0.375. The quantitative estimate of drug-likeness (QED) is 0.343.